The summed E-state index contributed by atoms with van der Waals surface area (Å²) in [7, 11) is 0. The van der Waals surface area contributed by atoms with Gasteiger partial charge in [0.15, 0.2) is 0 Å². The summed E-state index contributed by atoms with van der Waals surface area (Å²) in [6.07, 6.45) is 3.15. The highest BCUT2D eigenvalue weighted by molar-refractivity contribution is 5.88. The van der Waals surface area contributed by atoms with Crippen LogP contribution < -0.4 is 17.2 Å². The van der Waals surface area contributed by atoms with Gasteiger partial charge in [0.25, 0.3) is 0 Å². The Labute approximate surface area is 86.9 Å². The lowest BCUT2D eigenvalue weighted by atomic mass is 10.1. The van der Waals surface area contributed by atoms with Gasteiger partial charge in [-0.3, -0.25) is 4.98 Å². The molecule has 0 unspecified atom stereocenters. The van der Waals surface area contributed by atoms with Crippen LogP contribution in [0.4, 0.5) is 17.2 Å². The van der Waals surface area contributed by atoms with Gasteiger partial charge in [0, 0.05) is 6.20 Å². The average molecular weight is 201 g/mol. The second kappa shape index (κ2) is 3.45. The number of aromatic nitrogens is 2. The lowest BCUT2D eigenvalue weighted by Crippen LogP contribution is -2.03. The molecule has 0 aliphatic heterocycles. The predicted molar refractivity (Wildman–Crippen MR) is 60.7 cm³/mol. The first-order valence-electron chi connectivity index (χ1n) is 4.41. The first-order valence-corrected chi connectivity index (χ1v) is 4.41. The molecule has 15 heavy (non-hydrogen) atoms. The Balaban J connectivity index is 2.68. The van der Waals surface area contributed by atoms with Crippen molar-refractivity contribution in [2.45, 2.75) is 0 Å². The molecule has 0 saturated heterocycles. The zero-order valence-corrected chi connectivity index (χ0v) is 8.01. The summed E-state index contributed by atoms with van der Waals surface area (Å²) in [5, 5.41) is 0. The lowest BCUT2D eigenvalue weighted by molar-refractivity contribution is 1.30. The Morgan fingerprint density at radius 2 is 1.80 bits per heavy atom. The quantitative estimate of drug-likeness (QED) is 0.635. The number of nitrogen functional groups attached to an aromatic ring is 3. The smallest absolute Gasteiger partial charge is 0.147 e. The van der Waals surface area contributed by atoms with Crippen molar-refractivity contribution in [1.82, 2.24) is 9.97 Å². The molecule has 0 aliphatic rings. The second-order valence-electron chi connectivity index (χ2n) is 3.10. The molecule has 0 amide bonds. The summed E-state index contributed by atoms with van der Waals surface area (Å²) in [5.74, 6) is 0.268. The maximum absolute atomic E-state index is 5.81. The summed E-state index contributed by atoms with van der Waals surface area (Å²) >= 11 is 0. The molecule has 0 saturated carbocycles. The summed E-state index contributed by atoms with van der Waals surface area (Å²) in [6, 6.07) is 5.50. The topological polar surface area (TPSA) is 104 Å². The van der Waals surface area contributed by atoms with Crippen molar-refractivity contribution < 1.29 is 0 Å². The number of nitrogens with two attached hydrogens (primary N) is 3. The minimum atomic E-state index is 0.268. The summed E-state index contributed by atoms with van der Waals surface area (Å²) in [5.41, 5.74) is 19.4. The Hall–Kier alpha value is -2.30. The molecule has 0 bridgehead atoms. The molecule has 2 aromatic heterocycles. The van der Waals surface area contributed by atoms with E-state index in [0.29, 0.717) is 22.6 Å². The van der Waals surface area contributed by atoms with Crippen LogP contribution >= 0.6 is 0 Å². The van der Waals surface area contributed by atoms with Crippen molar-refractivity contribution >= 4 is 17.2 Å². The molecule has 2 rings (SSSR count). The Morgan fingerprint density at radius 3 is 2.47 bits per heavy atom. The Morgan fingerprint density at radius 1 is 1.00 bits per heavy atom. The maximum Gasteiger partial charge on any atom is 0.147 e. The molecule has 2 aromatic rings. The van der Waals surface area contributed by atoms with Gasteiger partial charge in [0.1, 0.15) is 5.82 Å². The number of rotatable bonds is 1. The summed E-state index contributed by atoms with van der Waals surface area (Å²) < 4.78 is 0. The van der Waals surface area contributed by atoms with E-state index in [0.717, 1.165) is 0 Å². The number of hydrogen-bond acceptors (Lipinski definition) is 5. The third-order valence-electron chi connectivity index (χ3n) is 2.10. The van der Waals surface area contributed by atoms with Gasteiger partial charge < -0.3 is 17.2 Å². The summed E-state index contributed by atoms with van der Waals surface area (Å²) in [6.45, 7) is 0. The minimum Gasteiger partial charge on any atom is -0.397 e. The lowest BCUT2D eigenvalue weighted by Gasteiger charge is -2.09. The normalized spacial score (nSPS) is 10.1. The highest BCUT2D eigenvalue weighted by atomic mass is 14.9. The highest BCUT2D eigenvalue weighted by Gasteiger charge is 2.11. The van der Waals surface area contributed by atoms with Crippen LogP contribution in [0, 0.1) is 0 Å². The Kier molecular flexibility index (Phi) is 2.13. The SMILES string of the molecule is Nc1cnc(N)c(N)c1-c1ccccn1. The van der Waals surface area contributed by atoms with Gasteiger partial charge in [-0.15, -0.1) is 0 Å². The molecule has 2 heterocycles. The van der Waals surface area contributed by atoms with Crippen molar-refractivity contribution in [3.05, 3.63) is 30.6 Å². The molecule has 5 heteroatoms. The second-order valence-corrected chi connectivity index (χ2v) is 3.10. The van der Waals surface area contributed by atoms with Gasteiger partial charge in [-0.05, 0) is 12.1 Å². The highest BCUT2D eigenvalue weighted by Crippen LogP contribution is 2.32. The van der Waals surface area contributed by atoms with Crippen LogP contribution in [0.15, 0.2) is 30.6 Å². The van der Waals surface area contributed by atoms with Gasteiger partial charge >= 0.3 is 0 Å². The van der Waals surface area contributed by atoms with Gasteiger partial charge in [-0.25, -0.2) is 4.98 Å². The van der Waals surface area contributed by atoms with E-state index < -0.39 is 0 Å². The van der Waals surface area contributed by atoms with Crippen LogP contribution in [-0.2, 0) is 0 Å². The number of nitrogens with zero attached hydrogens (tertiary/aromatic N) is 2. The fourth-order valence-electron chi connectivity index (χ4n) is 1.35. The van der Waals surface area contributed by atoms with E-state index in [4.69, 9.17) is 17.2 Å². The average Bonchev–Trinajstić information content (AvgIpc) is 2.26. The van der Waals surface area contributed by atoms with Gasteiger partial charge in [-0.1, -0.05) is 6.07 Å². The first-order chi connectivity index (χ1) is 7.20. The third-order valence-corrected chi connectivity index (χ3v) is 2.10. The molecule has 0 radical (unpaired) electrons. The van der Waals surface area contributed by atoms with Crippen molar-refractivity contribution in [2.75, 3.05) is 17.2 Å². The van der Waals surface area contributed by atoms with Crippen LogP contribution in [0.25, 0.3) is 11.3 Å². The Bertz CT molecular complexity index is 481. The first kappa shape index (κ1) is 9.26. The zero-order valence-electron chi connectivity index (χ0n) is 8.01. The van der Waals surface area contributed by atoms with Crippen molar-refractivity contribution in [1.29, 1.82) is 0 Å². The molecule has 0 aromatic carbocycles. The number of hydrogen-bond donors (Lipinski definition) is 3. The standard InChI is InChI=1S/C10H11N5/c11-6-5-15-10(13)9(12)8(6)7-3-1-2-4-14-7/h1-5H,11-12H2,(H2,13,15). The maximum atomic E-state index is 5.81. The molecule has 0 fully saturated rings. The molecule has 0 atom stereocenters. The van der Waals surface area contributed by atoms with E-state index in [1.54, 1.807) is 6.20 Å². The molecular weight excluding hydrogens is 190 g/mol. The van der Waals surface area contributed by atoms with Crippen LogP contribution in [-0.4, -0.2) is 9.97 Å². The van der Waals surface area contributed by atoms with Gasteiger partial charge in [0.2, 0.25) is 0 Å². The predicted octanol–water partition coefficient (Wildman–Crippen LogP) is 0.890. The monoisotopic (exact) mass is 201 g/mol. The van der Waals surface area contributed by atoms with Gasteiger partial charge in [0.05, 0.1) is 28.8 Å². The molecule has 0 spiro atoms. The van der Waals surface area contributed by atoms with Crippen molar-refractivity contribution in [2.24, 2.45) is 0 Å². The van der Waals surface area contributed by atoms with E-state index >= 15 is 0 Å². The molecule has 6 N–H and O–H groups in total. The number of pyridine rings is 2. The molecule has 5 nitrogen and oxygen atoms in total. The molecule has 76 valence electrons. The largest absolute Gasteiger partial charge is 0.397 e. The molecular formula is C10H11N5. The van der Waals surface area contributed by atoms with Crippen LogP contribution in [0.3, 0.4) is 0 Å². The van der Waals surface area contributed by atoms with E-state index in [9.17, 15) is 0 Å². The zero-order chi connectivity index (χ0) is 10.8. The van der Waals surface area contributed by atoms with Crippen LogP contribution in [0.2, 0.25) is 0 Å². The van der Waals surface area contributed by atoms with E-state index in [2.05, 4.69) is 9.97 Å². The fraction of sp³-hybridized carbons (Fsp3) is 0. The third kappa shape index (κ3) is 1.54. The number of anilines is 3. The molecule has 0 aliphatic carbocycles. The van der Waals surface area contributed by atoms with E-state index in [1.807, 2.05) is 18.2 Å². The van der Waals surface area contributed by atoms with Crippen LogP contribution in [0.1, 0.15) is 0 Å². The van der Waals surface area contributed by atoms with Crippen molar-refractivity contribution in [3.63, 3.8) is 0 Å². The van der Waals surface area contributed by atoms with Crippen LogP contribution in [0.5, 0.6) is 0 Å². The fourth-order valence-corrected chi connectivity index (χ4v) is 1.35. The minimum absolute atomic E-state index is 0.268. The van der Waals surface area contributed by atoms with Gasteiger partial charge in [-0.2, -0.15) is 0 Å². The van der Waals surface area contributed by atoms with Crippen molar-refractivity contribution in [3.8, 4) is 11.3 Å². The van der Waals surface area contributed by atoms with E-state index in [1.165, 1.54) is 6.20 Å². The summed E-state index contributed by atoms with van der Waals surface area (Å²) in [4.78, 5) is 8.03. The van der Waals surface area contributed by atoms with E-state index in [-0.39, 0.29) is 5.82 Å².